The van der Waals surface area contributed by atoms with Crippen LogP contribution < -0.4 is 0 Å². The molecule has 1 aromatic rings. The number of nitrogens with zero attached hydrogens (tertiary/aromatic N) is 1. The van der Waals surface area contributed by atoms with E-state index in [0.717, 1.165) is 0 Å². The number of carbonyl (C=O) groups is 1. The molecule has 0 heterocycles. The minimum atomic E-state index is -0.850. The summed E-state index contributed by atoms with van der Waals surface area (Å²) in [6.07, 6.45) is 1.21. The molecule has 3 nitrogen and oxygen atoms in total. The highest BCUT2D eigenvalue weighted by Gasteiger charge is 2.51. The number of halogens is 1. The minimum Gasteiger partial charge on any atom is -0.481 e. The summed E-state index contributed by atoms with van der Waals surface area (Å²) in [6, 6.07) is 4.80. The molecule has 17 heavy (non-hydrogen) atoms. The lowest BCUT2D eigenvalue weighted by molar-refractivity contribution is -0.140. The Hall–Kier alpha value is -1.42. The predicted octanol–water partition coefficient (Wildman–Crippen LogP) is 2.00. The first kappa shape index (κ1) is 12.0. The molecule has 0 radical (unpaired) electrons. The Balaban J connectivity index is 2.28. The van der Waals surface area contributed by atoms with Gasteiger partial charge in [0, 0.05) is 12.1 Å². The summed E-state index contributed by atoms with van der Waals surface area (Å²) in [5.74, 6) is -1.17. The normalized spacial score (nSPS) is 17.2. The van der Waals surface area contributed by atoms with E-state index >= 15 is 0 Å². The highest BCUT2D eigenvalue weighted by Crippen LogP contribution is 2.48. The standard InChI is InChI=1S/C13H16FNO2/c1-15(2)8-9-3-4-10(7-11(9)14)13(5-6-13)12(16)17/h3-4,7H,5-6,8H2,1-2H3,(H,16,17). The van der Waals surface area contributed by atoms with Gasteiger partial charge in [0.25, 0.3) is 0 Å². The van der Waals surface area contributed by atoms with Crippen LogP contribution >= 0.6 is 0 Å². The minimum absolute atomic E-state index is 0.316. The largest absolute Gasteiger partial charge is 0.481 e. The van der Waals surface area contributed by atoms with Gasteiger partial charge in [-0.15, -0.1) is 0 Å². The van der Waals surface area contributed by atoms with Gasteiger partial charge in [-0.2, -0.15) is 0 Å². The van der Waals surface area contributed by atoms with Crippen molar-refractivity contribution in [2.45, 2.75) is 24.8 Å². The van der Waals surface area contributed by atoms with Gasteiger partial charge < -0.3 is 10.0 Å². The zero-order valence-corrected chi connectivity index (χ0v) is 10.0. The molecule has 1 N–H and O–H groups in total. The third-order valence-electron chi connectivity index (χ3n) is 3.25. The Morgan fingerprint density at radius 3 is 2.53 bits per heavy atom. The van der Waals surface area contributed by atoms with Crippen molar-refractivity contribution in [2.24, 2.45) is 0 Å². The number of aliphatic carboxylic acids is 1. The van der Waals surface area contributed by atoms with E-state index in [1.807, 2.05) is 19.0 Å². The van der Waals surface area contributed by atoms with Crippen molar-refractivity contribution in [2.75, 3.05) is 14.1 Å². The van der Waals surface area contributed by atoms with Crippen LogP contribution in [0.3, 0.4) is 0 Å². The predicted molar refractivity (Wildman–Crippen MR) is 62.3 cm³/mol. The molecule has 92 valence electrons. The van der Waals surface area contributed by atoms with Gasteiger partial charge in [-0.3, -0.25) is 4.79 Å². The molecule has 2 rings (SSSR count). The Morgan fingerprint density at radius 1 is 1.47 bits per heavy atom. The van der Waals surface area contributed by atoms with Crippen LogP contribution in [0.5, 0.6) is 0 Å². The molecule has 4 heteroatoms. The lowest BCUT2D eigenvalue weighted by Gasteiger charge is -2.14. The molecule has 0 aliphatic heterocycles. The Labute approximate surface area is 99.9 Å². The Morgan fingerprint density at radius 2 is 2.12 bits per heavy atom. The number of carboxylic acid groups (broad SMARTS) is 1. The molecule has 1 aliphatic rings. The van der Waals surface area contributed by atoms with Gasteiger partial charge in [-0.1, -0.05) is 12.1 Å². The molecule has 1 aromatic carbocycles. The third-order valence-corrected chi connectivity index (χ3v) is 3.25. The van der Waals surface area contributed by atoms with E-state index in [-0.39, 0.29) is 5.82 Å². The van der Waals surface area contributed by atoms with Crippen LogP contribution in [0.2, 0.25) is 0 Å². The molecular weight excluding hydrogens is 221 g/mol. The third kappa shape index (κ3) is 2.17. The van der Waals surface area contributed by atoms with Crippen LogP contribution in [0.25, 0.3) is 0 Å². The first-order chi connectivity index (χ1) is 7.95. The second kappa shape index (κ2) is 4.11. The summed E-state index contributed by atoms with van der Waals surface area (Å²) >= 11 is 0. The maximum Gasteiger partial charge on any atom is 0.314 e. The van der Waals surface area contributed by atoms with Crippen molar-refractivity contribution < 1.29 is 14.3 Å². The van der Waals surface area contributed by atoms with Crippen LogP contribution in [0.15, 0.2) is 18.2 Å². The summed E-state index contributed by atoms with van der Waals surface area (Å²) in [7, 11) is 3.74. The van der Waals surface area contributed by atoms with Crippen molar-refractivity contribution in [1.29, 1.82) is 0 Å². The first-order valence-corrected chi connectivity index (χ1v) is 5.63. The molecule has 0 bridgehead atoms. The molecule has 1 saturated carbocycles. The quantitative estimate of drug-likeness (QED) is 0.870. The second-order valence-corrected chi connectivity index (χ2v) is 4.93. The van der Waals surface area contributed by atoms with Gasteiger partial charge in [0.05, 0.1) is 5.41 Å². The topological polar surface area (TPSA) is 40.5 Å². The number of hydrogen-bond acceptors (Lipinski definition) is 2. The van der Waals surface area contributed by atoms with Crippen molar-refractivity contribution in [1.82, 2.24) is 4.90 Å². The van der Waals surface area contributed by atoms with Gasteiger partial charge in [-0.25, -0.2) is 4.39 Å². The molecular formula is C13H16FNO2. The van der Waals surface area contributed by atoms with E-state index < -0.39 is 11.4 Å². The maximum absolute atomic E-state index is 13.8. The Kier molecular flexibility index (Phi) is 2.91. The van der Waals surface area contributed by atoms with E-state index in [9.17, 15) is 9.18 Å². The van der Waals surface area contributed by atoms with E-state index in [1.54, 1.807) is 12.1 Å². The van der Waals surface area contributed by atoms with Gasteiger partial charge >= 0.3 is 5.97 Å². The fourth-order valence-electron chi connectivity index (χ4n) is 2.06. The zero-order chi connectivity index (χ0) is 12.6. The van der Waals surface area contributed by atoms with Crippen molar-refractivity contribution in [3.8, 4) is 0 Å². The molecule has 1 aliphatic carbocycles. The molecule has 0 amide bonds. The van der Waals surface area contributed by atoms with Crippen LogP contribution in [0.4, 0.5) is 4.39 Å². The van der Waals surface area contributed by atoms with Gasteiger partial charge in [0.1, 0.15) is 5.82 Å². The van der Waals surface area contributed by atoms with Crippen LogP contribution in [-0.4, -0.2) is 30.1 Å². The summed E-state index contributed by atoms with van der Waals surface area (Å²) in [4.78, 5) is 13.0. The smallest absolute Gasteiger partial charge is 0.314 e. The number of benzene rings is 1. The van der Waals surface area contributed by atoms with Crippen LogP contribution in [0.1, 0.15) is 24.0 Å². The monoisotopic (exact) mass is 237 g/mol. The van der Waals surface area contributed by atoms with Crippen molar-refractivity contribution >= 4 is 5.97 Å². The fraction of sp³-hybridized carbons (Fsp3) is 0.462. The van der Waals surface area contributed by atoms with Gasteiger partial charge in [0.2, 0.25) is 0 Å². The molecule has 0 spiro atoms. The fourth-order valence-corrected chi connectivity index (χ4v) is 2.06. The summed E-state index contributed by atoms with van der Waals surface area (Å²) < 4.78 is 13.8. The number of hydrogen-bond donors (Lipinski definition) is 1. The lowest BCUT2D eigenvalue weighted by atomic mass is 9.95. The average molecular weight is 237 g/mol. The number of carboxylic acids is 1. The summed E-state index contributed by atoms with van der Waals surface area (Å²) in [5, 5.41) is 9.13. The molecule has 0 unspecified atom stereocenters. The van der Waals surface area contributed by atoms with E-state index in [0.29, 0.717) is 30.5 Å². The van der Waals surface area contributed by atoms with Crippen LogP contribution in [-0.2, 0) is 16.8 Å². The summed E-state index contributed by atoms with van der Waals surface area (Å²) in [5.41, 5.74) is 0.363. The number of rotatable bonds is 4. The van der Waals surface area contributed by atoms with Crippen molar-refractivity contribution in [3.63, 3.8) is 0 Å². The van der Waals surface area contributed by atoms with E-state index in [2.05, 4.69) is 0 Å². The second-order valence-electron chi connectivity index (χ2n) is 4.93. The zero-order valence-electron chi connectivity index (χ0n) is 10.0. The van der Waals surface area contributed by atoms with E-state index in [1.165, 1.54) is 6.07 Å². The SMILES string of the molecule is CN(C)Cc1ccc(C2(C(=O)O)CC2)cc1F. The molecule has 1 fully saturated rings. The molecule has 0 saturated heterocycles. The lowest BCUT2D eigenvalue weighted by Crippen LogP contribution is -2.20. The van der Waals surface area contributed by atoms with E-state index in [4.69, 9.17) is 5.11 Å². The van der Waals surface area contributed by atoms with Gasteiger partial charge in [0.15, 0.2) is 0 Å². The molecule has 0 aromatic heterocycles. The summed E-state index contributed by atoms with van der Waals surface area (Å²) in [6.45, 7) is 0.520. The highest BCUT2D eigenvalue weighted by molar-refractivity contribution is 5.84. The average Bonchev–Trinajstić information content (AvgIpc) is 3.01. The maximum atomic E-state index is 13.8. The van der Waals surface area contributed by atoms with Gasteiger partial charge in [-0.05, 0) is 38.6 Å². The van der Waals surface area contributed by atoms with Crippen molar-refractivity contribution in [3.05, 3.63) is 35.1 Å². The highest BCUT2D eigenvalue weighted by atomic mass is 19.1. The van der Waals surface area contributed by atoms with Crippen LogP contribution in [0, 0.1) is 5.82 Å². The molecule has 0 atom stereocenters. The Bertz CT molecular complexity index is 453. The first-order valence-electron chi connectivity index (χ1n) is 5.63.